The Balaban J connectivity index is 1.84. The number of hydrogen-bond acceptors (Lipinski definition) is 4. The number of nitrogens with zero attached hydrogens (tertiary/aromatic N) is 3. The van der Waals surface area contributed by atoms with Crippen molar-refractivity contribution in [3.8, 4) is 11.3 Å². The second-order valence-corrected chi connectivity index (χ2v) is 5.76. The maximum absolute atomic E-state index is 4.73. The highest BCUT2D eigenvalue weighted by molar-refractivity contribution is 5.60. The fourth-order valence-electron chi connectivity index (χ4n) is 2.57. The number of anilines is 1. The van der Waals surface area contributed by atoms with Gasteiger partial charge in [0.1, 0.15) is 0 Å². The molecule has 1 aromatic carbocycles. The minimum absolute atomic E-state index is 0.556. The van der Waals surface area contributed by atoms with E-state index in [4.69, 9.17) is 4.98 Å². The van der Waals surface area contributed by atoms with Gasteiger partial charge in [-0.1, -0.05) is 38.1 Å². The van der Waals surface area contributed by atoms with E-state index >= 15 is 0 Å². The summed E-state index contributed by atoms with van der Waals surface area (Å²) in [6.45, 7) is 8.35. The molecule has 1 N–H and O–H groups in total. The molecule has 110 valence electrons. The number of nitrogens with one attached hydrogen (secondary N) is 1. The molecule has 0 radical (unpaired) electrons. The highest BCUT2D eigenvalue weighted by Crippen LogP contribution is 2.22. The van der Waals surface area contributed by atoms with E-state index in [1.54, 1.807) is 0 Å². The van der Waals surface area contributed by atoms with Gasteiger partial charge in [-0.2, -0.15) is 0 Å². The SMILES string of the molecule is CC(C)c1ccc(-c2ccnc(N3CCNCC3)n2)cc1. The van der Waals surface area contributed by atoms with Gasteiger partial charge >= 0.3 is 0 Å². The van der Waals surface area contributed by atoms with Crippen LogP contribution in [-0.2, 0) is 0 Å². The molecule has 2 heterocycles. The van der Waals surface area contributed by atoms with E-state index in [0.29, 0.717) is 5.92 Å². The molecule has 0 aliphatic carbocycles. The smallest absolute Gasteiger partial charge is 0.225 e. The molecule has 1 saturated heterocycles. The first kappa shape index (κ1) is 14.0. The van der Waals surface area contributed by atoms with Crippen LogP contribution in [0.25, 0.3) is 11.3 Å². The first-order valence-electron chi connectivity index (χ1n) is 7.63. The van der Waals surface area contributed by atoms with Crippen molar-refractivity contribution in [2.75, 3.05) is 31.1 Å². The zero-order valence-corrected chi connectivity index (χ0v) is 12.7. The van der Waals surface area contributed by atoms with E-state index in [0.717, 1.165) is 43.4 Å². The Morgan fingerprint density at radius 1 is 1.05 bits per heavy atom. The lowest BCUT2D eigenvalue weighted by Gasteiger charge is -2.27. The fourth-order valence-corrected chi connectivity index (χ4v) is 2.57. The van der Waals surface area contributed by atoms with Crippen LogP contribution in [0.5, 0.6) is 0 Å². The summed E-state index contributed by atoms with van der Waals surface area (Å²) in [5.74, 6) is 1.39. The van der Waals surface area contributed by atoms with Crippen molar-refractivity contribution in [2.24, 2.45) is 0 Å². The van der Waals surface area contributed by atoms with Crippen LogP contribution in [0.4, 0.5) is 5.95 Å². The molecule has 4 heteroatoms. The van der Waals surface area contributed by atoms with Gasteiger partial charge < -0.3 is 10.2 Å². The third-order valence-electron chi connectivity index (χ3n) is 3.92. The summed E-state index contributed by atoms with van der Waals surface area (Å²) < 4.78 is 0. The molecule has 4 nitrogen and oxygen atoms in total. The van der Waals surface area contributed by atoms with Gasteiger partial charge in [-0.25, -0.2) is 9.97 Å². The number of rotatable bonds is 3. The number of hydrogen-bond donors (Lipinski definition) is 1. The Labute approximate surface area is 126 Å². The molecule has 1 aromatic heterocycles. The third-order valence-corrected chi connectivity index (χ3v) is 3.92. The molecule has 0 unspecified atom stereocenters. The second kappa shape index (κ2) is 6.22. The van der Waals surface area contributed by atoms with Crippen LogP contribution in [0.15, 0.2) is 36.5 Å². The molecular weight excluding hydrogens is 260 g/mol. The van der Waals surface area contributed by atoms with Gasteiger partial charge in [0.25, 0.3) is 0 Å². The van der Waals surface area contributed by atoms with Crippen LogP contribution in [0.3, 0.4) is 0 Å². The largest absolute Gasteiger partial charge is 0.338 e. The Morgan fingerprint density at radius 2 is 1.76 bits per heavy atom. The summed E-state index contributed by atoms with van der Waals surface area (Å²) in [7, 11) is 0. The molecule has 1 aliphatic rings. The highest BCUT2D eigenvalue weighted by Gasteiger charge is 2.13. The standard InChI is InChI=1S/C17H22N4/c1-13(2)14-3-5-15(6-4-14)16-7-8-19-17(20-16)21-11-9-18-10-12-21/h3-8,13,18H,9-12H2,1-2H3. The first-order valence-corrected chi connectivity index (χ1v) is 7.63. The Morgan fingerprint density at radius 3 is 2.43 bits per heavy atom. The summed E-state index contributed by atoms with van der Waals surface area (Å²) in [6.07, 6.45) is 1.86. The van der Waals surface area contributed by atoms with Crippen LogP contribution in [0.1, 0.15) is 25.3 Å². The lowest BCUT2D eigenvalue weighted by molar-refractivity contribution is 0.580. The maximum Gasteiger partial charge on any atom is 0.225 e. The lowest BCUT2D eigenvalue weighted by atomic mass is 10.0. The Bertz CT molecular complexity index is 586. The average Bonchev–Trinajstić information content (AvgIpc) is 2.56. The predicted molar refractivity (Wildman–Crippen MR) is 86.6 cm³/mol. The fraction of sp³-hybridized carbons (Fsp3) is 0.412. The summed E-state index contributed by atoms with van der Waals surface area (Å²) in [4.78, 5) is 11.4. The van der Waals surface area contributed by atoms with Crippen LogP contribution >= 0.6 is 0 Å². The zero-order chi connectivity index (χ0) is 14.7. The summed E-state index contributed by atoms with van der Waals surface area (Å²) >= 11 is 0. The van der Waals surface area contributed by atoms with Gasteiger partial charge in [0, 0.05) is 37.9 Å². The van der Waals surface area contributed by atoms with Crippen molar-refractivity contribution in [1.82, 2.24) is 15.3 Å². The van der Waals surface area contributed by atoms with E-state index < -0.39 is 0 Å². The molecule has 3 rings (SSSR count). The average molecular weight is 282 g/mol. The second-order valence-electron chi connectivity index (χ2n) is 5.76. The quantitative estimate of drug-likeness (QED) is 0.939. The first-order chi connectivity index (χ1) is 10.2. The normalized spacial score (nSPS) is 15.5. The predicted octanol–water partition coefficient (Wildman–Crippen LogP) is 2.68. The van der Waals surface area contributed by atoms with Crippen molar-refractivity contribution in [2.45, 2.75) is 19.8 Å². The van der Waals surface area contributed by atoms with Crippen LogP contribution in [0, 0.1) is 0 Å². The minimum atomic E-state index is 0.556. The van der Waals surface area contributed by atoms with Crippen molar-refractivity contribution >= 4 is 5.95 Å². The number of aromatic nitrogens is 2. The van der Waals surface area contributed by atoms with Gasteiger partial charge in [-0.3, -0.25) is 0 Å². The monoisotopic (exact) mass is 282 g/mol. The number of benzene rings is 1. The molecule has 0 amide bonds. The van der Waals surface area contributed by atoms with Gasteiger partial charge in [-0.15, -0.1) is 0 Å². The third kappa shape index (κ3) is 3.22. The Hall–Kier alpha value is -1.94. The van der Waals surface area contributed by atoms with E-state index in [-0.39, 0.29) is 0 Å². The minimum Gasteiger partial charge on any atom is -0.338 e. The van der Waals surface area contributed by atoms with Crippen molar-refractivity contribution in [3.05, 3.63) is 42.1 Å². The van der Waals surface area contributed by atoms with Crippen molar-refractivity contribution < 1.29 is 0 Å². The van der Waals surface area contributed by atoms with Crippen molar-refractivity contribution in [1.29, 1.82) is 0 Å². The van der Waals surface area contributed by atoms with Gasteiger partial charge in [0.05, 0.1) is 5.69 Å². The van der Waals surface area contributed by atoms with E-state index in [9.17, 15) is 0 Å². The van der Waals surface area contributed by atoms with Crippen LogP contribution < -0.4 is 10.2 Å². The molecule has 2 aromatic rings. The van der Waals surface area contributed by atoms with Crippen molar-refractivity contribution in [3.63, 3.8) is 0 Å². The molecular formula is C17H22N4. The van der Waals surface area contributed by atoms with Crippen LogP contribution in [0.2, 0.25) is 0 Å². The molecule has 1 fully saturated rings. The topological polar surface area (TPSA) is 41.1 Å². The van der Waals surface area contributed by atoms with E-state index in [2.05, 4.69) is 53.3 Å². The summed E-state index contributed by atoms with van der Waals surface area (Å²) in [5, 5.41) is 3.35. The van der Waals surface area contributed by atoms with Gasteiger partial charge in [0.2, 0.25) is 5.95 Å². The molecule has 0 atom stereocenters. The molecule has 21 heavy (non-hydrogen) atoms. The Kier molecular flexibility index (Phi) is 4.15. The van der Waals surface area contributed by atoms with Gasteiger partial charge in [-0.05, 0) is 17.5 Å². The van der Waals surface area contributed by atoms with Gasteiger partial charge in [0.15, 0.2) is 0 Å². The molecule has 1 aliphatic heterocycles. The molecule has 0 bridgehead atoms. The van der Waals surface area contributed by atoms with Crippen LogP contribution in [-0.4, -0.2) is 36.1 Å². The molecule has 0 saturated carbocycles. The number of piperazine rings is 1. The summed E-state index contributed by atoms with van der Waals surface area (Å²) in [6, 6.07) is 10.7. The summed E-state index contributed by atoms with van der Waals surface area (Å²) in [5.41, 5.74) is 3.50. The maximum atomic E-state index is 4.73. The highest BCUT2D eigenvalue weighted by atomic mass is 15.3. The zero-order valence-electron chi connectivity index (χ0n) is 12.7. The molecule has 0 spiro atoms. The lowest BCUT2D eigenvalue weighted by Crippen LogP contribution is -2.44. The van der Waals surface area contributed by atoms with E-state index in [1.807, 2.05) is 12.3 Å². The van der Waals surface area contributed by atoms with E-state index in [1.165, 1.54) is 5.56 Å².